The van der Waals surface area contributed by atoms with Gasteiger partial charge in [0.15, 0.2) is 0 Å². The van der Waals surface area contributed by atoms with Gasteiger partial charge in [-0.2, -0.15) is 0 Å². The number of hydrogen-bond acceptors (Lipinski definition) is 3. The summed E-state index contributed by atoms with van der Waals surface area (Å²) in [4.78, 5) is 23.3. The standard InChI is InChI=1S/C13H26N2O3/c1-11(2,3)8(14)9(16)15-13(6,7)12(4,5)10(17)18/h8H,14H2,1-7H3,(H,15,16)(H,17,18)/t8-/m1/s1. The number of carboxylic acids is 1. The van der Waals surface area contributed by atoms with Gasteiger partial charge in [-0.05, 0) is 33.1 Å². The van der Waals surface area contributed by atoms with Gasteiger partial charge in [0.1, 0.15) is 0 Å². The largest absolute Gasteiger partial charge is 0.481 e. The minimum absolute atomic E-state index is 0.332. The average Bonchev–Trinajstić information content (AvgIpc) is 2.13. The molecule has 1 amide bonds. The lowest BCUT2D eigenvalue weighted by atomic mass is 9.74. The Morgan fingerprint density at radius 1 is 1.06 bits per heavy atom. The first-order chi connectivity index (χ1) is 7.73. The molecule has 0 rings (SSSR count). The summed E-state index contributed by atoms with van der Waals surface area (Å²) in [5.74, 6) is -1.29. The first-order valence-electron chi connectivity index (χ1n) is 6.04. The zero-order valence-corrected chi connectivity index (χ0v) is 12.4. The van der Waals surface area contributed by atoms with Crippen molar-refractivity contribution in [1.82, 2.24) is 5.32 Å². The number of nitrogens with one attached hydrogen (secondary N) is 1. The molecule has 4 N–H and O–H groups in total. The predicted molar refractivity (Wildman–Crippen MR) is 71.1 cm³/mol. The maximum absolute atomic E-state index is 12.0. The summed E-state index contributed by atoms with van der Waals surface area (Å²) in [7, 11) is 0. The van der Waals surface area contributed by atoms with E-state index in [2.05, 4.69) is 5.32 Å². The lowest BCUT2D eigenvalue weighted by Crippen LogP contribution is -2.61. The number of nitrogens with two attached hydrogens (primary N) is 1. The van der Waals surface area contributed by atoms with E-state index in [1.54, 1.807) is 27.7 Å². The van der Waals surface area contributed by atoms with Gasteiger partial charge >= 0.3 is 5.97 Å². The fourth-order valence-electron chi connectivity index (χ4n) is 1.20. The highest BCUT2D eigenvalue weighted by molar-refractivity contribution is 5.84. The van der Waals surface area contributed by atoms with Gasteiger partial charge in [-0.1, -0.05) is 20.8 Å². The summed E-state index contributed by atoms with van der Waals surface area (Å²) in [5.41, 5.74) is 3.52. The van der Waals surface area contributed by atoms with E-state index in [1.165, 1.54) is 0 Å². The van der Waals surface area contributed by atoms with Crippen molar-refractivity contribution >= 4 is 11.9 Å². The van der Waals surface area contributed by atoms with Crippen molar-refractivity contribution in [3.63, 3.8) is 0 Å². The molecule has 0 saturated carbocycles. The van der Waals surface area contributed by atoms with E-state index >= 15 is 0 Å². The van der Waals surface area contributed by atoms with Gasteiger partial charge < -0.3 is 16.2 Å². The van der Waals surface area contributed by atoms with Gasteiger partial charge in [0, 0.05) is 0 Å². The number of aliphatic carboxylic acids is 1. The Morgan fingerprint density at radius 3 is 1.72 bits per heavy atom. The lowest BCUT2D eigenvalue weighted by Gasteiger charge is -2.40. The molecule has 0 aromatic heterocycles. The van der Waals surface area contributed by atoms with E-state index in [9.17, 15) is 14.7 Å². The fraction of sp³-hybridized carbons (Fsp3) is 0.846. The van der Waals surface area contributed by atoms with E-state index in [0.29, 0.717) is 0 Å². The molecule has 0 aliphatic heterocycles. The highest BCUT2D eigenvalue weighted by Gasteiger charge is 2.45. The summed E-state index contributed by atoms with van der Waals surface area (Å²) >= 11 is 0. The predicted octanol–water partition coefficient (Wildman–Crippen LogP) is 1.37. The second-order valence-corrected chi connectivity index (χ2v) is 6.89. The minimum Gasteiger partial charge on any atom is -0.481 e. The van der Waals surface area contributed by atoms with Gasteiger partial charge in [-0.25, -0.2) is 0 Å². The molecule has 106 valence electrons. The van der Waals surface area contributed by atoms with Crippen molar-refractivity contribution < 1.29 is 14.7 Å². The molecule has 0 aromatic carbocycles. The second kappa shape index (κ2) is 4.88. The monoisotopic (exact) mass is 258 g/mol. The zero-order chi connectivity index (χ0) is 14.9. The first-order valence-corrected chi connectivity index (χ1v) is 6.04. The smallest absolute Gasteiger partial charge is 0.311 e. The third-order valence-corrected chi connectivity index (χ3v) is 3.75. The van der Waals surface area contributed by atoms with E-state index in [-0.39, 0.29) is 11.3 Å². The molecule has 0 bridgehead atoms. The second-order valence-electron chi connectivity index (χ2n) is 6.89. The van der Waals surface area contributed by atoms with Crippen molar-refractivity contribution in [1.29, 1.82) is 0 Å². The molecule has 0 radical (unpaired) electrons. The Bertz CT molecular complexity index is 341. The van der Waals surface area contributed by atoms with Gasteiger partial charge in [-0.15, -0.1) is 0 Å². The number of carboxylic acid groups (broad SMARTS) is 1. The van der Waals surface area contributed by atoms with E-state index in [0.717, 1.165) is 0 Å². The Morgan fingerprint density at radius 2 is 1.44 bits per heavy atom. The van der Waals surface area contributed by atoms with Crippen LogP contribution in [0, 0.1) is 10.8 Å². The van der Waals surface area contributed by atoms with Crippen molar-refractivity contribution in [2.45, 2.75) is 60.0 Å². The number of carbonyl (C=O) groups excluding carboxylic acids is 1. The van der Waals surface area contributed by atoms with Crippen molar-refractivity contribution in [3.05, 3.63) is 0 Å². The summed E-state index contributed by atoms with van der Waals surface area (Å²) in [6.45, 7) is 12.1. The molecule has 0 aliphatic carbocycles. The number of hydrogen-bond donors (Lipinski definition) is 3. The Balaban J connectivity index is 5.01. The van der Waals surface area contributed by atoms with Gasteiger partial charge in [0.25, 0.3) is 0 Å². The maximum Gasteiger partial charge on any atom is 0.311 e. The molecule has 0 unspecified atom stereocenters. The third-order valence-electron chi connectivity index (χ3n) is 3.75. The van der Waals surface area contributed by atoms with Crippen LogP contribution >= 0.6 is 0 Å². The van der Waals surface area contributed by atoms with Crippen molar-refractivity contribution in [2.24, 2.45) is 16.6 Å². The Labute approximate surface area is 109 Å². The van der Waals surface area contributed by atoms with Crippen LogP contribution in [0.3, 0.4) is 0 Å². The van der Waals surface area contributed by atoms with Crippen LogP contribution < -0.4 is 11.1 Å². The highest BCUT2D eigenvalue weighted by Crippen LogP contribution is 2.31. The molecule has 5 heteroatoms. The fourth-order valence-corrected chi connectivity index (χ4v) is 1.20. The van der Waals surface area contributed by atoms with Crippen LogP contribution in [-0.2, 0) is 9.59 Å². The van der Waals surface area contributed by atoms with E-state index in [4.69, 9.17) is 5.73 Å². The van der Waals surface area contributed by atoms with Crippen molar-refractivity contribution in [3.8, 4) is 0 Å². The van der Waals surface area contributed by atoms with Crippen LogP contribution in [0.25, 0.3) is 0 Å². The molecular weight excluding hydrogens is 232 g/mol. The summed E-state index contributed by atoms with van der Waals surface area (Å²) in [6.07, 6.45) is 0. The van der Waals surface area contributed by atoms with Crippen molar-refractivity contribution in [2.75, 3.05) is 0 Å². The van der Waals surface area contributed by atoms with Crippen LogP contribution in [0.1, 0.15) is 48.5 Å². The summed E-state index contributed by atoms with van der Waals surface area (Å²) in [6, 6.07) is -0.679. The summed E-state index contributed by atoms with van der Waals surface area (Å²) in [5, 5.41) is 11.9. The lowest BCUT2D eigenvalue weighted by molar-refractivity contribution is -0.152. The Kier molecular flexibility index (Phi) is 4.58. The van der Waals surface area contributed by atoms with Gasteiger partial charge in [0.2, 0.25) is 5.91 Å². The number of carbonyl (C=O) groups is 2. The normalized spacial score (nSPS) is 15.1. The molecule has 18 heavy (non-hydrogen) atoms. The molecule has 1 atom stereocenters. The van der Waals surface area contributed by atoms with Gasteiger partial charge in [0.05, 0.1) is 17.0 Å². The molecule has 0 spiro atoms. The molecule has 0 saturated heterocycles. The number of rotatable bonds is 4. The average molecular weight is 258 g/mol. The molecule has 0 aromatic rings. The highest BCUT2D eigenvalue weighted by atomic mass is 16.4. The molecule has 0 fully saturated rings. The zero-order valence-electron chi connectivity index (χ0n) is 12.4. The van der Waals surface area contributed by atoms with E-state index in [1.807, 2.05) is 20.8 Å². The van der Waals surface area contributed by atoms with Crippen LogP contribution in [0.5, 0.6) is 0 Å². The third kappa shape index (κ3) is 3.45. The number of amides is 1. The van der Waals surface area contributed by atoms with Crippen LogP contribution in [0.4, 0.5) is 0 Å². The molecule has 0 heterocycles. The van der Waals surface area contributed by atoms with Crippen LogP contribution in [-0.4, -0.2) is 28.6 Å². The minimum atomic E-state index is -1.08. The summed E-state index contributed by atoms with van der Waals surface area (Å²) < 4.78 is 0. The molecule has 0 aliphatic rings. The Hall–Kier alpha value is -1.10. The quantitative estimate of drug-likeness (QED) is 0.710. The van der Waals surface area contributed by atoms with Crippen LogP contribution in [0.2, 0.25) is 0 Å². The van der Waals surface area contributed by atoms with Crippen LogP contribution in [0.15, 0.2) is 0 Å². The van der Waals surface area contributed by atoms with E-state index < -0.39 is 23.0 Å². The van der Waals surface area contributed by atoms with Gasteiger partial charge in [-0.3, -0.25) is 9.59 Å². The topological polar surface area (TPSA) is 92.4 Å². The first kappa shape index (κ1) is 16.9. The molecular formula is C13H26N2O3. The molecule has 5 nitrogen and oxygen atoms in total. The SMILES string of the molecule is CC(C)(C)[C@H](N)C(=O)NC(C)(C)C(C)(C)C(=O)O. The maximum atomic E-state index is 12.0.